The summed E-state index contributed by atoms with van der Waals surface area (Å²) in [4.78, 5) is 18.3. The van der Waals surface area contributed by atoms with E-state index in [0.29, 0.717) is 5.56 Å². The summed E-state index contributed by atoms with van der Waals surface area (Å²) >= 11 is 0. The number of carbonyl (C=O) groups excluding carboxylic acids is 1. The Labute approximate surface area is 111 Å². The van der Waals surface area contributed by atoms with Crippen molar-refractivity contribution in [2.24, 2.45) is 0 Å². The maximum absolute atomic E-state index is 11.5. The van der Waals surface area contributed by atoms with Crippen molar-refractivity contribution in [3.8, 4) is 0 Å². The van der Waals surface area contributed by atoms with Crippen LogP contribution in [0.3, 0.4) is 0 Å². The zero-order chi connectivity index (χ0) is 10.5. The molecule has 1 aliphatic rings. The maximum atomic E-state index is 11.5. The average Bonchev–Trinajstić information content (AvgIpc) is 2.80. The quantitative estimate of drug-likeness (QED) is 0.539. The topological polar surface area (TPSA) is 69.8 Å². The Morgan fingerprint density at radius 3 is 2.65 bits per heavy atom. The first-order valence-corrected chi connectivity index (χ1v) is 4.55. The minimum atomic E-state index is -0.341. The molecule has 0 bridgehead atoms. The van der Waals surface area contributed by atoms with Gasteiger partial charge in [0.2, 0.25) is 0 Å². The van der Waals surface area contributed by atoms with Crippen molar-refractivity contribution in [3.05, 3.63) is 42.0 Å². The van der Waals surface area contributed by atoms with E-state index in [0.717, 1.165) is 5.70 Å². The van der Waals surface area contributed by atoms with Crippen LogP contribution in [0.5, 0.6) is 0 Å². The molecule has 5 nitrogen and oxygen atoms in total. The highest BCUT2D eigenvalue weighted by Gasteiger charge is 2.13. The maximum Gasteiger partial charge on any atom is 0.338 e. The molecule has 1 aromatic rings. The van der Waals surface area contributed by atoms with Crippen molar-refractivity contribution in [2.45, 2.75) is 0 Å². The van der Waals surface area contributed by atoms with Gasteiger partial charge in [-0.1, -0.05) is 0 Å². The number of pyridine rings is 1. The molecule has 0 atom stereocenters. The highest BCUT2D eigenvalue weighted by Crippen LogP contribution is 1.99. The number of halogens is 2. The van der Waals surface area contributed by atoms with Crippen LogP contribution in [-0.4, -0.2) is 23.9 Å². The van der Waals surface area contributed by atoms with E-state index in [1.807, 2.05) is 11.5 Å². The van der Waals surface area contributed by atoms with Crippen LogP contribution in [-0.2, 0) is 4.74 Å². The number of nitrogens with two attached hydrogens (primary N) is 1. The Kier molecular flexibility index (Phi) is 7.13. The van der Waals surface area contributed by atoms with E-state index in [1.54, 1.807) is 30.9 Å². The van der Waals surface area contributed by atoms with Crippen LogP contribution in [0.4, 0.5) is 0 Å². The van der Waals surface area contributed by atoms with Gasteiger partial charge in [-0.25, -0.2) is 10.1 Å². The third-order valence-electron chi connectivity index (χ3n) is 1.94. The van der Waals surface area contributed by atoms with Gasteiger partial charge in [0.25, 0.3) is 5.70 Å². The van der Waals surface area contributed by atoms with Gasteiger partial charge in [-0.05, 0) is 12.1 Å². The molecular formula is C10H11Cl2N3O2. The van der Waals surface area contributed by atoms with Gasteiger partial charge in [0, 0.05) is 12.4 Å². The second kappa shape index (κ2) is 7.78. The summed E-state index contributed by atoms with van der Waals surface area (Å²) in [5.41, 5.74) is 1.38. The Morgan fingerprint density at radius 1 is 1.35 bits per heavy atom. The molecule has 1 aromatic heterocycles. The fourth-order valence-corrected chi connectivity index (χ4v) is 1.17. The van der Waals surface area contributed by atoms with E-state index in [4.69, 9.17) is 4.74 Å². The van der Waals surface area contributed by atoms with E-state index in [9.17, 15) is 4.79 Å². The smallest absolute Gasteiger partial charge is 0.338 e. The molecule has 3 N–H and O–H groups in total. The van der Waals surface area contributed by atoms with Gasteiger partial charge in [0.05, 0.1) is 5.56 Å². The van der Waals surface area contributed by atoms with Crippen molar-refractivity contribution >= 4 is 12.3 Å². The molecule has 1 aliphatic heterocycles. The summed E-state index contributed by atoms with van der Waals surface area (Å²) in [6, 6.07) is 3.24. The van der Waals surface area contributed by atoms with Crippen molar-refractivity contribution in [3.63, 3.8) is 0 Å². The first-order valence-electron chi connectivity index (χ1n) is 4.55. The molecule has 0 unspecified atom stereocenters. The summed E-state index contributed by atoms with van der Waals surface area (Å²) < 4.78 is 5.07. The summed E-state index contributed by atoms with van der Waals surface area (Å²) in [7, 11) is 0. The van der Waals surface area contributed by atoms with Crippen LogP contribution in [0.25, 0.3) is 0 Å². The summed E-state index contributed by atoms with van der Waals surface area (Å²) in [6.07, 6.45) is 6.77. The summed E-state index contributed by atoms with van der Waals surface area (Å²) in [5, 5.41) is 1.86. The Balaban J connectivity index is 0.00000128. The highest BCUT2D eigenvalue weighted by molar-refractivity contribution is 5.89. The number of quaternary nitrogens is 1. The van der Waals surface area contributed by atoms with Crippen molar-refractivity contribution in [1.29, 1.82) is 0 Å². The third kappa shape index (κ3) is 4.52. The molecule has 0 fully saturated rings. The zero-order valence-corrected chi connectivity index (χ0v) is 10.3. The Morgan fingerprint density at radius 2 is 2.06 bits per heavy atom. The molecular weight excluding hydrogens is 265 g/mol. The number of nitrogens with zero attached hydrogens (tertiary/aromatic N) is 1. The Hall–Kier alpha value is -1.43. The number of carbonyl (C=O) groups is 1. The zero-order valence-electron chi connectivity index (χ0n) is 8.77. The van der Waals surface area contributed by atoms with E-state index in [2.05, 4.69) is 9.98 Å². The Bertz CT molecular complexity index is 421. The van der Waals surface area contributed by atoms with E-state index in [-0.39, 0.29) is 37.4 Å². The van der Waals surface area contributed by atoms with Crippen molar-refractivity contribution in [1.82, 2.24) is 4.98 Å². The SMILES string of the molecule is O=C(OCC1=C[NH2+]C=[NH+]1)c1ccncc1.[Cl-].[Cl-]. The number of hydrogen-bond acceptors (Lipinski definition) is 3. The van der Waals surface area contributed by atoms with Crippen LogP contribution >= 0.6 is 0 Å². The molecule has 17 heavy (non-hydrogen) atoms. The van der Waals surface area contributed by atoms with Gasteiger partial charge in [0.1, 0.15) is 0 Å². The monoisotopic (exact) mass is 275 g/mol. The number of hydrogen-bond donors (Lipinski definition) is 2. The molecule has 7 heteroatoms. The van der Waals surface area contributed by atoms with E-state index >= 15 is 0 Å². The third-order valence-corrected chi connectivity index (χ3v) is 1.94. The van der Waals surface area contributed by atoms with Crippen LogP contribution in [0.2, 0.25) is 0 Å². The van der Waals surface area contributed by atoms with Gasteiger partial charge in [-0.15, -0.1) is 0 Å². The van der Waals surface area contributed by atoms with Crippen LogP contribution in [0.15, 0.2) is 36.4 Å². The van der Waals surface area contributed by atoms with Crippen LogP contribution < -0.4 is 35.1 Å². The van der Waals surface area contributed by atoms with Crippen LogP contribution in [0.1, 0.15) is 10.4 Å². The number of nitrogens with one attached hydrogen (secondary N) is 1. The average molecular weight is 276 g/mol. The predicted molar refractivity (Wildman–Crippen MR) is 51.6 cm³/mol. The molecule has 0 saturated heterocycles. The number of rotatable bonds is 3. The molecule has 0 aliphatic carbocycles. The lowest BCUT2D eigenvalue weighted by Crippen LogP contribution is -3.00. The molecule has 92 valence electrons. The highest BCUT2D eigenvalue weighted by atomic mass is 35.5. The lowest BCUT2D eigenvalue weighted by Gasteiger charge is -1.99. The minimum Gasteiger partial charge on any atom is -1.00 e. The molecule has 0 radical (unpaired) electrons. The largest absolute Gasteiger partial charge is 1.00 e. The fourth-order valence-electron chi connectivity index (χ4n) is 1.17. The van der Waals surface area contributed by atoms with Gasteiger partial charge in [-0.3, -0.25) is 4.98 Å². The van der Waals surface area contributed by atoms with Gasteiger partial charge in [-0.2, -0.15) is 4.99 Å². The molecule has 2 rings (SSSR count). The summed E-state index contributed by atoms with van der Waals surface area (Å²) in [5.74, 6) is -0.341. The molecule has 0 amide bonds. The number of aromatic nitrogens is 1. The van der Waals surface area contributed by atoms with Gasteiger partial charge < -0.3 is 29.6 Å². The lowest BCUT2D eigenvalue weighted by molar-refractivity contribution is -0.492. The minimum absolute atomic E-state index is 0. The lowest BCUT2D eigenvalue weighted by atomic mass is 10.3. The second-order valence-electron chi connectivity index (χ2n) is 3.01. The molecule has 0 saturated carbocycles. The molecule has 2 heterocycles. The predicted octanol–water partition coefficient (Wildman–Crippen LogP) is -8.23. The number of esters is 1. The van der Waals surface area contributed by atoms with Crippen LogP contribution in [0, 0.1) is 0 Å². The van der Waals surface area contributed by atoms with Crippen molar-refractivity contribution in [2.75, 3.05) is 6.61 Å². The first-order chi connectivity index (χ1) is 7.36. The molecule has 0 aromatic carbocycles. The van der Waals surface area contributed by atoms with Gasteiger partial charge >= 0.3 is 12.3 Å². The van der Waals surface area contributed by atoms with Crippen molar-refractivity contribution < 1.29 is 44.7 Å². The normalized spacial score (nSPS) is 12.1. The summed E-state index contributed by atoms with van der Waals surface area (Å²) in [6.45, 7) is 0.258. The van der Waals surface area contributed by atoms with E-state index in [1.165, 1.54) is 0 Å². The second-order valence-corrected chi connectivity index (χ2v) is 3.01. The fraction of sp³-hybridized carbons (Fsp3) is 0.100. The number of ether oxygens (including phenoxy) is 1. The van der Waals surface area contributed by atoms with Gasteiger partial charge in [0.15, 0.2) is 12.8 Å². The van der Waals surface area contributed by atoms with E-state index < -0.39 is 0 Å². The standard InChI is InChI=1S/C10H9N3O2.2ClH/c14-10(8-1-3-11-4-2-8)15-6-9-5-12-7-13-9;;/h1-5,7H,6H2,(H,12,13);2*1H. The molecule has 0 spiro atoms. The first kappa shape index (κ1) is 15.6.